The topological polar surface area (TPSA) is 35.6 Å². The molecule has 1 heterocycles. The zero-order valence-corrected chi connectivity index (χ0v) is 11.0. The van der Waals surface area contributed by atoms with E-state index in [1.165, 1.54) is 0 Å². The minimum absolute atomic E-state index is 0.288. The molecule has 94 valence electrons. The van der Waals surface area contributed by atoms with Crippen LogP contribution in [0.2, 0.25) is 0 Å². The van der Waals surface area contributed by atoms with Gasteiger partial charge < -0.3 is 15.1 Å². The van der Waals surface area contributed by atoms with Gasteiger partial charge >= 0.3 is 0 Å². The van der Waals surface area contributed by atoms with E-state index in [1.54, 1.807) is 0 Å². The molecule has 2 atom stereocenters. The normalized spacial score (nSPS) is 22.8. The lowest BCUT2D eigenvalue weighted by molar-refractivity contribution is -0.130. The molecular formula is C12H25N3O. The van der Waals surface area contributed by atoms with Crippen LogP contribution in [0.15, 0.2) is 0 Å². The highest BCUT2D eigenvalue weighted by Gasteiger charge is 2.27. The summed E-state index contributed by atoms with van der Waals surface area (Å²) in [4.78, 5) is 16.2. The molecule has 1 amide bonds. The molecule has 1 saturated heterocycles. The molecule has 0 aromatic heterocycles. The number of carbonyl (C=O) groups excluding carboxylic acids is 1. The number of hydrogen-bond acceptors (Lipinski definition) is 3. The third kappa shape index (κ3) is 3.76. The average Bonchev–Trinajstić information content (AvgIpc) is 2.66. The van der Waals surface area contributed by atoms with E-state index in [1.807, 2.05) is 4.90 Å². The summed E-state index contributed by atoms with van der Waals surface area (Å²) in [6.45, 7) is 6.87. The van der Waals surface area contributed by atoms with Crippen LogP contribution in [0.5, 0.6) is 0 Å². The van der Waals surface area contributed by atoms with Crippen LogP contribution in [0, 0.1) is 0 Å². The second-order valence-electron chi connectivity index (χ2n) is 4.91. The summed E-state index contributed by atoms with van der Waals surface area (Å²) in [6, 6.07) is 0.828. The summed E-state index contributed by atoms with van der Waals surface area (Å²) in [5.74, 6) is 0.290. The maximum atomic E-state index is 12.0. The van der Waals surface area contributed by atoms with E-state index >= 15 is 0 Å². The van der Waals surface area contributed by atoms with Gasteiger partial charge in [-0.3, -0.25) is 4.79 Å². The van der Waals surface area contributed by atoms with Crippen molar-refractivity contribution >= 4 is 5.91 Å². The van der Waals surface area contributed by atoms with Gasteiger partial charge in [-0.15, -0.1) is 0 Å². The molecule has 0 aromatic rings. The Labute approximate surface area is 99.0 Å². The van der Waals surface area contributed by atoms with Crippen molar-refractivity contribution < 1.29 is 4.79 Å². The van der Waals surface area contributed by atoms with E-state index in [0.717, 1.165) is 26.1 Å². The number of likely N-dealkylation sites (N-methyl/N-ethyl adjacent to an activating group) is 1. The van der Waals surface area contributed by atoms with Gasteiger partial charge in [0.05, 0.1) is 0 Å². The lowest BCUT2D eigenvalue weighted by Crippen LogP contribution is -2.38. The van der Waals surface area contributed by atoms with Crippen LogP contribution in [0.3, 0.4) is 0 Å². The molecule has 1 aliphatic heterocycles. The fourth-order valence-corrected chi connectivity index (χ4v) is 2.20. The first-order valence-electron chi connectivity index (χ1n) is 6.22. The first-order valence-corrected chi connectivity index (χ1v) is 6.22. The van der Waals surface area contributed by atoms with Crippen LogP contribution < -0.4 is 5.32 Å². The molecule has 0 spiro atoms. The van der Waals surface area contributed by atoms with Crippen molar-refractivity contribution in [3.63, 3.8) is 0 Å². The van der Waals surface area contributed by atoms with Gasteiger partial charge in [-0.1, -0.05) is 6.92 Å². The summed E-state index contributed by atoms with van der Waals surface area (Å²) in [5.41, 5.74) is 0. The maximum Gasteiger partial charge on any atom is 0.224 e. The fraction of sp³-hybridized carbons (Fsp3) is 0.917. The van der Waals surface area contributed by atoms with Crippen LogP contribution in [0.4, 0.5) is 0 Å². The van der Waals surface area contributed by atoms with E-state index in [4.69, 9.17) is 0 Å². The Hall–Kier alpha value is -0.610. The van der Waals surface area contributed by atoms with Gasteiger partial charge in [-0.25, -0.2) is 0 Å². The largest absolute Gasteiger partial charge is 0.341 e. The summed E-state index contributed by atoms with van der Waals surface area (Å²) in [6.07, 6.45) is 1.72. The van der Waals surface area contributed by atoms with E-state index in [-0.39, 0.29) is 11.9 Å². The van der Waals surface area contributed by atoms with Crippen molar-refractivity contribution in [3.8, 4) is 0 Å². The van der Waals surface area contributed by atoms with Gasteiger partial charge in [-0.05, 0) is 34.0 Å². The Bertz CT molecular complexity index is 230. The van der Waals surface area contributed by atoms with Gasteiger partial charge in [0.1, 0.15) is 0 Å². The van der Waals surface area contributed by atoms with Crippen molar-refractivity contribution in [2.75, 3.05) is 33.7 Å². The van der Waals surface area contributed by atoms with E-state index in [9.17, 15) is 4.79 Å². The maximum absolute atomic E-state index is 12.0. The molecular weight excluding hydrogens is 202 g/mol. The Morgan fingerprint density at radius 1 is 1.56 bits per heavy atom. The number of hydrogen-bond donors (Lipinski definition) is 1. The lowest BCUT2D eigenvalue weighted by atomic mass is 10.2. The standard InChI is InChI=1S/C12H25N3O/c1-5-13-10(2)8-12(16)15-7-6-11(9-15)14(3)4/h10-11,13H,5-9H2,1-4H3. The quantitative estimate of drug-likeness (QED) is 0.744. The molecule has 4 heteroatoms. The zero-order valence-electron chi connectivity index (χ0n) is 11.0. The molecule has 1 N–H and O–H groups in total. The van der Waals surface area contributed by atoms with Crippen molar-refractivity contribution in [2.24, 2.45) is 0 Å². The third-order valence-electron chi connectivity index (χ3n) is 3.28. The second-order valence-corrected chi connectivity index (χ2v) is 4.91. The van der Waals surface area contributed by atoms with E-state index in [0.29, 0.717) is 12.5 Å². The third-order valence-corrected chi connectivity index (χ3v) is 3.28. The number of rotatable bonds is 5. The molecule has 0 aliphatic carbocycles. The molecule has 1 fully saturated rings. The lowest BCUT2D eigenvalue weighted by Gasteiger charge is -2.21. The predicted octanol–water partition coefficient (Wildman–Crippen LogP) is 0.537. The first-order chi connectivity index (χ1) is 7.54. The van der Waals surface area contributed by atoms with Crippen LogP contribution in [-0.4, -0.2) is 61.5 Å². The van der Waals surface area contributed by atoms with Crippen LogP contribution in [-0.2, 0) is 4.79 Å². The number of nitrogens with one attached hydrogen (secondary N) is 1. The summed E-state index contributed by atoms with van der Waals surface area (Å²) < 4.78 is 0. The highest BCUT2D eigenvalue weighted by atomic mass is 16.2. The van der Waals surface area contributed by atoms with Crippen molar-refractivity contribution in [2.45, 2.75) is 38.8 Å². The molecule has 0 radical (unpaired) electrons. The smallest absolute Gasteiger partial charge is 0.224 e. The van der Waals surface area contributed by atoms with Gasteiger partial charge in [0.2, 0.25) is 5.91 Å². The average molecular weight is 227 g/mol. The molecule has 1 rings (SSSR count). The Kier molecular flexibility index (Phi) is 5.22. The zero-order chi connectivity index (χ0) is 12.1. The predicted molar refractivity (Wildman–Crippen MR) is 66.4 cm³/mol. The minimum atomic E-state index is 0.288. The summed E-state index contributed by atoms with van der Waals surface area (Å²) >= 11 is 0. The monoisotopic (exact) mass is 227 g/mol. The minimum Gasteiger partial charge on any atom is -0.341 e. The highest BCUT2D eigenvalue weighted by Crippen LogP contribution is 2.14. The molecule has 0 bridgehead atoms. The first kappa shape index (κ1) is 13.5. The Morgan fingerprint density at radius 3 is 2.75 bits per heavy atom. The number of amides is 1. The van der Waals surface area contributed by atoms with Crippen LogP contribution in [0.25, 0.3) is 0 Å². The second kappa shape index (κ2) is 6.21. The van der Waals surface area contributed by atoms with Crippen molar-refractivity contribution in [1.29, 1.82) is 0 Å². The van der Waals surface area contributed by atoms with Crippen molar-refractivity contribution in [1.82, 2.24) is 15.1 Å². The van der Waals surface area contributed by atoms with Gasteiger partial charge in [0.25, 0.3) is 0 Å². The SMILES string of the molecule is CCNC(C)CC(=O)N1CCC(N(C)C)C1. The number of nitrogens with zero attached hydrogens (tertiary/aromatic N) is 2. The van der Waals surface area contributed by atoms with Crippen LogP contribution in [0.1, 0.15) is 26.7 Å². The van der Waals surface area contributed by atoms with Gasteiger partial charge in [0.15, 0.2) is 0 Å². The fourth-order valence-electron chi connectivity index (χ4n) is 2.20. The van der Waals surface area contributed by atoms with E-state index < -0.39 is 0 Å². The molecule has 1 aliphatic rings. The molecule has 4 nitrogen and oxygen atoms in total. The van der Waals surface area contributed by atoms with Crippen molar-refractivity contribution in [3.05, 3.63) is 0 Å². The number of carbonyl (C=O) groups is 1. The molecule has 0 aromatic carbocycles. The highest BCUT2D eigenvalue weighted by molar-refractivity contribution is 5.77. The van der Waals surface area contributed by atoms with Crippen LogP contribution >= 0.6 is 0 Å². The Balaban J connectivity index is 2.33. The summed E-state index contributed by atoms with van der Waals surface area (Å²) in [5, 5.41) is 3.28. The van der Waals surface area contributed by atoms with E-state index in [2.05, 4.69) is 38.2 Å². The molecule has 0 saturated carbocycles. The molecule has 2 unspecified atom stereocenters. The number of likely N-dealkylation sites (tertiary alicyclic amines) is 1. The van der Waals surface area contributed by atoms with Gasteiger partial charge in [-0.2, -0.15) is 0 Å². The Morgan fingerprint density at radius 2 is 2.25 bits per heavy atom. The molecule has 16 heavy (non-hydrogen) atoms. The summed E-state index contributed by atoms with van der Waals surface area (Å²) in [7, 11) is 4.17. The van der Waals surface area contributed by atoms with Gasteiger partial charge in [0, 0.05) is 31.6 Å².